The predicted molar refractivity (Wildman–Crippen MR) is 164 cm³/mol. The molecule has 0 radical (unpaired) electrons. The lowest BCUT2D eigenvalue weighted by Crippen LogP contribution is -1.95. The Morgan fingerprint density at radius 2 is 1.05 bits per heavy atom. The van der Waals surface area contributed by atoms with Crippen LogP contribution in [0.2, 0.25) is 0 Å². The first-order valence-electron chi connectivity index (χ1n) is 12.9. The van der Waals surface area contributed by atoms with E-state index in [2.05, 4.69) is 131 Å². The lowest BCUT2D eigenvalue weighted by atomic mass is 10.0. The molecule has 2 heteroatoms. The van der Waals surface area contributed by atoms with Crippen molar-refractivity contribution in [2.45, 2.75) is 0 Å². The lowest BCUT2D eigenvalue weighted by molar-refractivity contribution is 1.18. The number of nitrogens with zero attached hydrogens (tertiary/aromatic N) is 2. The summed E-state index contributed by atoms with van der Waals surface area (Å²) in [6.07, 6.45) is 3.79. The fraction of sp³-hybridized carbons (Fsp3) is 0. The number of hydrogen-bond acceptors (Lipinski definition) is 0. The molecule has 3 heterocycles. The van der Waals surface area contributed by atoms with E-state index in [0.717, 1.165) is 16.8 Å². The number of benzene rings is 5. The topological polar surface area (TPSA) is 9.34 Å². The zero-order valence-corrected chi connectivity index (χ0v) is 20.9. The van der Waals surface area contributed by atoms with Crippen LogP contribution in [0.3, 0.4) is 0 Å². The van der Waals surface area contributed by atoms with Gasteiger partial charge in [0, 0.05) is 32.6 Å². The summed E-state index contributed by atoms with van der Waals surface area (Å²) in [6.45, 7) is 8.01. The third kappa shape index (κ3) is 2.66. The van der Waals surface area contributed by atoms with Gasteiger partial charge in [0.25, 0.3) is 0 Å². The Bertz CT molecular complexity index is 2270. The van der Waals surface area contributed by atoms with Gasteiger partial charge in [-0.3, -0.25) is 0 Å². The molecule has 3 aromatic heterocycles. The van der Waals surface area contributed by atoms with Gasteiger partial charge in [-0.15, -0.1) is 0 Å². The van der Waals surface area contributed by atoms with Gasteiger partial charge in [-0.1, -0.05) is 92.0 Å². The molecule has 0 saturated heterocycles. The van der Waals surface area contributed by atoms with Crippen LogP contribution in [0, 0.1) is 0 Å². The van der Waals surface area contributed by atoms with Gasteiger partial charge in [-0.2, -0.15) is 0 Å². The van der Waals surface area contributed by atoms with Gasteiger partial charge in [0.1, 0.15) is 0 Å². The van der Waals surface area contributed by atoms with Crippen molar-refractivity contribution >= 4 is 72.1 Å². The van der Waals surface area contributed by atoms with Crippen LogP contribution < -0.4 is 0 Å². The van der Waals surface area contributed by atoms with Gasteiger partial charge in [0.15, 0.2) is 0 Å². The molecule has 5 aromatic carbocycles. The average Bonchev–Trinajstić information content (AvgIpc) is 3.53. The van der Waals surface area contributed by atoms with Crippen molar-refractivity contribution in [1.29, 1.82) is 0 Å². The van der Waals surface area contributed by atoms with Crippen LogP contribution in [0.15, 0.2) is 122 Å². The fourth-order valence-corrected chi connectivity index (χ4v) is 6.39. The highest BCUT2D eigenvalue weighted by Gasteiger charge is 2.19. The summed E-state index contributed by atoms with van der Waals surface area (Å²) in [5.41, 5.74) is 9.38. The van der Waals surface area contributed by atoms with Crippen molar-refractivity contribution in [2.24, 2.45) is 0 Å². The van der Waals surface area contributed by atoms with Crippen LogP contribution in [-0.2, 0) is 0 Å². The molecule has 0 bridgehead atoms. The Kier molecular flexibility index (Phi) is 4.27. The highest BCUT2D eigenvalue weighted by molar-refractivity contribution is 6.24. The van der Waals surface area contributed by atoms with Gasteiger partial charge >= 0.3 is 0 Å². The van der Waals surface area contributed by atoms with E-state index in [1.165, 1.54) is 59.9 Å². The molecule has 0 aliphatic rings. The maximum Gasteiger partial charge on any atom is 0.0548 e. The summed E-state index contributed by atoms with van der Waals surface area (Å²) in [4.78, 5) is 0. The number of hydrogen-bond donors (Lipinski definition) is 0. The molecule has 0 saturated carbocycles. The van der Waals surface area contributed by atoms with Crippen molar-refractivity contribution in [1.82, 2.24) is 8.97 Å². The zero-order valence-electron chi connectivity index (χ0n) is 20.9. The van der Waals surface area contributed by atoms with E-state index in [1.807, 2.05) is 12.2 Å². The minimum atomic E-state index is 1.08. The summed E-state index contributed by atoms with van der Waals surface area (Å²) in [5, 5.41) is 7.64. The Labute approximate surface area is 220 Å². The summed E-state index contributed by atoms with van der Waals surface area (Å²) in [6, 6.07) is 39.7. The van der Waals surface area contributed by atoms with Crippen molar-refractivity contribution in [3.8, 4) is 5.69 Å². The van der Waals surface area contributed by atoms with Crippen molar-refractivity contribution in [3.63, 3.8) is 0 Å². The van der Waals surface area contributed by atoms with Crippen LogP contribution in [0.4, 0.5) is 0 Å². The lowest BCUT2D eigenvalue weighted by Gasteiger charge is -2.11. The molecular weight excluding hydrogens is 460 g/mol. The minimum absolute atomic E-state index is 1.08. The third-order valence-electron chi connectivity index (χ3n) is 8.03. The zero-order chi connectivity index (χ0) is 25.4. The number of pyridine rings is 1. The van der Waals surface area contributed by atoms with Crippen LogP contribution in [0.1, 0.15) is 11.1 Å². The third-order valence-corrected chi connectivity index (χ3v) is 8.03. The largest absolute Gasteiger partial charge is 0.309 e. The fourth-order valence-electron chi connectivity index (χ4n) is 6.39. The number of aromatic nitrogens is 2. The van der Waals surface area contributed by atoms with Crippen LogP contribution in [0.5, 0.6) is 0 Å². The first kappa shape index (κ1) is 21.0. The van der Waals surface area contributed by atoms with E-state index in [-0.39, 0.29) is 0 Å². The number of rotatable bonds is 3. The van der Waals surface area contributed by atoms with E-state index >= 15 is 0 Å². The Hall–Kier alpha value is -5.08. The van der Waals surface area contributed by atoms with Gasteiger partial charge in [-0.25, -0.2) is 0 Å². The molecule has 8 aromatic rings. The molecule has 0 unspecified atom stereocenters. The van der Waals surface area contributed by atoms with Gasteiger partial charge < -0.3 is 8.97 Å². The van der Waals surface area contributed by atoms with Crippen molar-refractivity contribution in [3.05, 3.63) is 133 Å². The van der Waals surface area contributed by atoms with Crippen LogP contribution in [0.25, 0.3) is 77.7 Å². The minimum Gasteiger partial charge on any atom is -0.309 e. The number of para-hydroxylation sites is 2. The molecule has 178 valence electrons. The molecule has 38 heavy (non-hydrogen) atoms. The predicted octanol–water partition coefficient (Wildman–Crippen LogP) is 9.78. The van der Waals surface area contributed by atoms with Crippen LogP contribution in [-0.4, -0.2) is 8.97 Å². The summed E-state index contributed by atoms with van der Waals surface area (Å²) in [7, 11) is 0. The van der Waals surface area contributed by atoms with Gasteiger partial charge in [0.2, 0.25) is 0 Å². The second kappa shape index (κ2) is 7.71. The quantitative estimate of drug-likeness (QED) is 0.221. The van der Waals surface area contributed by atoms with Gasteiger partial charge in [-0.05, 0) is 59.0 Å². The van der Waals surface area contributed by atoms with Crippen LogP contribution >= 0.6 is 0 Å². The Morgan fingerprint density at radius 1 is 0.447 bits per heavy atom. The van der Waals surface area contributed by atoms with Crippen molar-refractivity contribution < 1.29 is 0 Å². The standard InChI is InChI=1S/C36H24N2/c1-3-23-17-18-25(21-24(23)4-2)37-32-16-10-8-14-29(32)36-30-22-35-28-13-6-5-11-26(28)27-12-7-9-15-31(27)38(35)33(30)19-20-34(36)37/h3-22H,1-2H2. The molecule has 0 N–H and O–H groups in total. The van der Waals surface area contributed by atoms with E-state index in [4.69, 9.17) is 0 Å². The Balaban J connectivity index is 1.58. The van der Waals surface area contributed by atoms with E-state index in [0.29, 0.717) is 0 Å². The average molecular weight is 485 g/mol. The summed E-state index contributed by atoms with van der Waals surface area (Å²) >= 11 is 0. The molecular formula is C36H24N2. The normalized spacial score (nSPS) is 11.9. The Morgan fingerprint density at radius 3 is 1.82 bits per heavy atom. The molecule has 2 nitrogen and oxygen atoms in total. The van der Waals surface area contributed by atoms with E-state index < -0.39 is 0 Å². The smallest absolute Gasteiger partial charge is 0.0548 e. The highest BCUT2D eigenvalue weighted by atomic mass is 15.0. The molecule has 0 fully saturated rings. The monoisotopic (exact) mass is 484 g/mol. The number of fused-ring (bicyclic) bond motifs is 12. The van der Waals surface area contributed by atoms with E-state index in [9.17, 15) is 0 Å². The summed E-state index contributed by atoms with van der Waals surface area (Å²) < 4.78 is 4.82. The summed E-state index contributed by atoms with van der Waals surface area (Å²) in [5.74, 6) is 0. The SMILES string of the molecule is C=Cc1ccc(-n2c3ccccc3c3c4cc5c6ccccc6c6ccccc6n5c4ccc32)cc1C=C. The highest BCUT2D eigenvalue weighted by Crippen LogP contribution is 2.41. The molecule has 0 atom stereocenters. The second-order valence-electron chi connectivity index (χ2n) is 9.89. The first-order chi connectivity index (χ1) is 18.8. The molecule has 0 amide bonds. The second-order valence-corrected chi connectivity index (χ2v) is 9.89. The molecule has 8 rings (SSSR count). The van der Waals surface area contributed by atoms with Gasteiger partial charge in [0.05, 0.1) is 27.6 Å². The maximum atomic E-state index is 4.04. The van der Waals surface area contributed by atoms with E-state index in [1.54, 1.807) is 0 Å². The molecule has 0 spiro atoms. The molecule has 0 aliphatic carbocycles. The maximum absolute atomic E-state index is 4.04. The molecule has 0 aliphatic heterocycles. The first-order valence-corrected chi connectivity index (χ1v) is 12.9. The van der Waals surface area contributed by atoms with Crippen molar-refractivity contribution in [2.75, 3.05) is 0 Å².